The zero-order valence-corrected chi connectivity index (χ0v) is 15.6. The van der Waals surface area contributed by atoms with Crippen molar-refractivity contribution >= 4 is 11.8 Å². The smallest absolute Gasteiger partial charge is 0.420 e. The average Bonchev–Trinajstić information content (AvgIpc) is 2.70. The van der Waals surface area contributed by atoms with E-state index in [9.17, 15) is 14.3 Å². The summed E-state index contributed by atoms with van der Waals surface area (Å²) in [5, 5.41) is 9.43. The number of anilines is 1. The van der Waals surface area contributed by atoms with Crippen LogP contribution in [0.5, 0.6) is 17.2 Å². The Bertz CT molecular complexity index is 850. The molecule has 2 aliphatic rings. The van der Waals surface area contributed by atoms with E-state index in [1.54, 1.807) is 12.1 Å². The van der Waals surface area contributed by atoms with Gasteiger partial charge in [0, 0.05) is 23.9 Å². The fourth-order valence-electron chi connectivity index (χ4n) is 3.58. The molecule has 0 aromatic heterocycles. The van der Waals surface area contributed by atoms with Gasteiger partial charge in [-0.2, -0.15) is 0 Å². The number of phenolic OH excluding ortho intramolecular Hbond substituents is 1. The Kier molecular flexibility index (Phi) is 5.34. The van der Waals surface area contributed by atoms with Crippen molar-refractivity contribution < 1.29 is 23.8 Å². The second-order valence-corrected chi connectivity index (χ2v) is 7.11. The van der Waals surface area contributed by atoms with Crippen molar-refractivity contribution in [1.82, 2.24) is 4.90 Å². The molecule has 1 saturated heterocycles. The number of aromatic hydroxyl groups is 1. The molecular weight excluding hydrogens is 363 g/mol. The maximum atomic E-state index is 13.6. The quantitative estimate of drug-likeness (QED) is 0.844. The largest absolute Gasteiger partial charge is 0.505 e. The van der Waals surface area contributed by atoms with Crippen molar-refractivity contribution in [3.05, 3.63) is 47.8 Å². The minimum absolute atomic E-state index is 0.167. The lowest BCUT2D eigenvalue weighted by atomic mass is 10.1. The van der Waals surface area contributed by atoms with Crippen molar-refractivity contribution in [2.45, 2.75) is 25.8 Å². The van der Waals surface area contributed by atoms with Gasteiger partial charge in [0.15, 0.2) is 11.6 Å². The lowest BCUT2D eigenvalue weighted by molar-refractivity contribution is 0.183. The minimum atomic E-state index is -0.742. The van der Waals surface area contributed by atoms with Crippen LogP contribution in [0.3, 0.4) is 0 Å². The summed E-state index contributed by atoms with van der Waals surface area (Å²) >= 11 is 0. The minimum Gasteiger partial charge on any atom is -0.505 e. The van der Waals surface area contributed by atoms with Crippen LogP contribution in [0.1, 0.15) is 24.8 Å². The van der Waals surface area contributed by atoms with Crippen molar-refractivity contribution in [3.8, 4) is 17.2 Å². The Morgan fingerprint density at radius 3 is 2.61 bits per heavy atom. The normalized spacial score (nSPS) is 17.2. The summed E-state index contributed by atoms with van der Waals surface area (Å²) in [7, 11) is 0. The van der Waals surface area contributed by atoms with E-state index in [-0.39, 0.29) is 12.3 Å². The average molecular weight is 386 g/mol. The zero-order chi connectivity index (χ0) is 19.5. The Labute approximate surface area is 163 Å². The van der Waals surface area contributed by atoms with E-state index in [2.05, 4.69) is 4.90 Å². The standard InChI is InChI=1S/C21H23FN2O4/c22-18-12-15-14-24(21(26)28-20(15)13-19(18)25)16-4-6-17(7-5-16)27-11-10-23-8-2-1-3-9-23/h4-7,12-13,25H,1-3,8-11,14H2. The number of likely N-dealkylation sites (tertiary alicyclic amines) is 1. The molecule has 1 amide bonds. The molecule has 0 unspecified atom stereocenters. The molecule has 148 valence electrons. The first-order valence-electron chi connectivity index (χ1n) is 9.56. The first kappa shape index (κ1) is 18.6. The molecule has 0 aliphatic carbocycles. The van der Waals surface area contributed by atoms with Gasteiger partial charge in [0.2, 0.25) is 0 Å². The molecule has 2 aromatic rings. The van der Waals surface area contributed by atoms with Gasteiger partial charge < -0.3 is 14.6 Å². The van der Waals surface area contributed by atoms with Crippen LogP contribution >= 0.6 is 0 Å². The summed E-state index contributed by atoms with van der Waals surface area (Å²) in [5.74, 6) is -0.361. The van der Waals surface area contributed by atoms with E-state index in [4.69, 9.17) is 9.47 Å². The molecule has 4 rings (SSSR count). The highest BCUT2D eigenvalue weighted by Gasteiger charge is 2.27. The van der Waals surface area contributed by atoms with Crippen molar-refractivity contribution in [2.75, 3.05) is 31.1 Å². The van der Waals surface area contributed by atoms with E-state index in [1.165, 1.54) is 30.2 Å². The Hall–Kier alpha value is -2.80. The molecule has 7 heteroatoms. The van der Waals surface area contributed by atoms with Crippen LogP contribution in [0, 0.1) is 5.82 Å². The SMILES string of the molecule is O=C1Oc2cc(O)c(F)cc2CN1c1ccc(OCCN2CCCCC2)cc1. The lowest BCUT2D eigenvalue weighted by Crippen LogP contribution is -2.37. The molecule has 0 radical (unpaired) electrons. The van der Waals surface area contributed by atoms with Crippen LogP contribution in [0.2, 0.25) is 0 Å². The van der Waals surface area contributed by atoms with Crippen LogP contribution < -0.4 is 14.4 Å². The van der Waals surface area contributed by atoms with Gasteiger partial charge in [-0.15, -0.1) is 0 Å². The summed E-state index contributed by atoms with van der Waals surface area (Å²) in [4.78, 5) is 16.1. The second kappa shape index (κ2) is 8.06. The number of carbonyl (C=O) groups is 1. The third-order valence-electron chi connectivity index (χ3n) is 5.15. The Morgan fingerprint density at radius 2 is 1.86 bits per heavy atom. The first-order valence-corrected chi connectivity index (χ1v) is 9.56. The van der Waals surface area contributed by atoms with E-state index in [0.717, 1.165) is 31.5 Å². The predicted molar refractivity (Wildman–Crippen MR) is 102 cm³/mol. The van der Waals surface area contributed by atoms with Crippen molar-refractivity contribution in [1.29, 1.82) is 0 Å². The second-order valence-electron chi connectivity index (χ2n) is 7.11. The number of carbonyl (C=O) groups excluding carboxylic acids is 1. The molecular formula is C21H23FN2O4. The van der Waals surface area contributed by atoms with E-state index >= 15 is 0 Å². The number of halogens is 1. The van der Waals surface area contributed by atoms with Gasteiger partial charge in [0.1, 0.15) is 18.1 Å². The fourth-order valence-corrected chi connectivity index (χ4v) is 3.58. The van der Waals surface area contributed by atoms with E-state index in [0.29, 0.717) is 17.9 Å². The van der Waals surface area contributed by atoms with Crippen molar-refractivity contribution in [2.24, 2.45) is 0 Å². The third kappa shape index (κ3) is 4.04. The van der Waals surface area contributed by atoms with Crippen molar-refractivity contribution in [3.63, 3.8) is 0 Å². The van der Waals surface area contributed by atoms with Gasteiger partial charge in [-0.25, -0.2) is 9.18 Å². The number of rotatable bonds is 5. The van der Waals surface area contributed by atoms with Crippen LogP contribution in [0.25, 0.3) is 0 Å². The van der Waals surface area contributed by atoms with Gasteiger partial charge >= 0.3 is 6.09 Å². The summed E-state index contributed by atoms with van der Waals surface area (Å²) in [5.41, 5.74) is 1.13. The maximum Gasteiger partial charge on any atom is 0.420 e. The number of piperidine rings is 1. The molecule has 1 fully saturated rings. The number of nitrogens with zero attached hydrogens (tertiary/aromatic N) is 2. The number of hydrogen-bond acceptors (Lipinski definition) is 5. The molecule has 2 heterocycles. The highest BCUT2D eigenvalue weighted by molar-refractivity contribution is 5.91. The molecule has 0 spiro atoms. The van der Waals surface area contributed by atoms with Gasteiger partial charge in [0.05, 0.1) is 6.54 Å². The Balaban J connectivity index is 1.38. The maximum absolute atomic E-state index is 13.6. The number of phenols is 1. The summed E-state index contributed by atoms with van der Waals surface area (Å²) in [6.45, 7) is 3.98. The molecule has 6 nitrogen and oxygen atoms in total. The molecule has 2 aromatic carbocycles. The van der Waals surface area contributed by atoms with Crippen LogP contribution in [-0.2, 0) is 6.54 Å². The first-order chi connectivity index (χ1) is 13.6. The van der Waals surface area contributed by atoms with Crippen LogP contribution in [-0.4, -0.2) is 42.3 Å². The summed E-state index contributed by atoms with van der Waals surface area (Å²) in [6.07, 6.45) is 3.26. The zero-order valence-electron chi connectivity index (χ0n) is 15.6. The fraction of sp³-hybridized carbons (Fsp3) is 0.381. The number of ether oxygens (including phenoxy) is 2. The monoisotopic (exact) mass is 386 g/mol. The molecule has 2 aliphatic heterocycles. The molecule has 0 atom stereocenters. The van der Waals surface area contributed by atoms with Crippen LogP contribution in [0.4, 0.5) is 14.9 Å². The topological polar surface area (TPSA) is 62.2 Å². The van der Waals surface area contributed by atoms with E-state index < -0.39 is 17.7 Å². The van der Waals surface area contributed by atoms with Gasteiger partial charge in [-0.1, -0.05) is 6.42 Å². The Morgan fingerprint density at radius 1 is 1.11 bits per heavy atom. The number of amides is 1. The third-order valence-corrected chi connectivity index (χ3v) is 5.15. The highest BCUT2D eigenvalue weighted by Crippen LogP contribution is 2.34. The molecule has 28 heavy (non-hydrogen) atoms. The van der Waals surface area contributed by atoms with Gasteiger partial charge in [-0.3, -0.25) is 9.80 Å². The predicted octanol–water partition coefficient (Wildman–Crippen LogP) is 3.92. The molecule has 0 saturated carbocycles. The number of fused-ring (bicyclic) bond motifs is 1. The van der Waals surface area contributed by atoms with Gasteiger partial charge in [0.25, 0.3) is 0 Å². The highest BCUT2D eigenvalue weighted by atomic mass is 19.1. The summed E-state index contributed by atoms with van der Waals surface area (Å²) < 4.78 is 24.6. The number of hydrogen-bond donors (Lipinski definition) is 1. The van der Waals surface area contributed by atoms with E-state index in [1.807, 2.05) is 12.1 Å². The van der Waals surface area contributed by atoms with Crippen LogP contribution in [0.15, 0.2) is 36.4 Å². The lowest BCUT2D eigenvalue weighted by Gasteiger charge is -2.28. The van der Waals surface area contributed by atoms with Gasteiger partial charge in [-0.05, 0) is 56.3 Å². The number of benzene rings is 2. The molecule has 1 N–H and O–H groups in total. The molecule has 0 bridgehead atoms. The summed E-state index contributed by atoms with van der Waals surface area (Å²) in [6, 6.07) is 9.48.